The molecule has 4 N–H and O–H groups in total. The van der Waals surface area contributed by atoms with Gasteiger partial charge in [0.25, 0.3) is 0 Å². The van der Waals surface area contributed by atoms with Crippen LogP contribution < -0.4 is 11.5 Å². The predicted molar refractivity (Wildman–Crippen MR) is 68.2 cm³/mol. The van der Waals surface area contributed by atoms with Crippen molar-refractivity contribution in [3.63, 3.8) is 0 Å². The molecule has 0 saturated carbocycles. The molecule has 0 spiro atoms. The number of fused-ring (bicyclic) bond motifs is 1. The van der Waals surface area contributed by atoms with E-state index in [0.717, 1.165) is 16.5 Å². The van der Waals surface area contributed by atoms with E-state index in [4.69, 9.17) is 11.5 Å². The lowest BCUT2D eigenvalue weighted by Gasteiger charge is -2.10. The predicted octanol–water partition coefficient (Wildman–Crippen LogP) is 1.22. The van der Waals surface area contributed by atoms with Gasteiger partial charge in [-0.3, -0.25) is 4.79 Å². The molecule has 0 fully saturated rings. The number of hydrogen-bond donors (Lipinski definition) is 2. The van der Waals surface area contributed by atoms with Crippen LogP contribution in [-0.4, -0.2) is 10.5 Å². The summed E-state index contributed by atoms with van der Waals surface area (Å²) < 4.78 is 2.05. The molecular formula is C13H17N3O. The van der Waals surface area contributed by atoms with Gasteiger partial charge in [-0.2, -0.15) is 0 Å². The van der Waals surface area contributed by atoms with Gasteiger partial charge in [0.1, 0.15) is 0 Å². The summed E-state index contributed by atoms with van der Waals surface area (Å²) in [6, 6.07) is 8.14. The van der Waals surface area contributed by atoms with Crippen LogP contribution in [0, 0.1) is 5.92 Å². The van der Waals surface area contributed by atoms with Gasteiger partial charge in [0, 0.05) is 24.8 Å². The summed E-state index contributed by atoms with van der Waals surface area (Å²) >= 11 is 0. The Balaban J connectivity index is 2.33. The fraction of sp³-hybridized carbons (Fsp3) is 0.308. The molecule has 1 unspecified atom stereocenters. The molecular weight excluding hydrogens is 214 g/mol. The summed E-state index contributed by atoms with van der Waals surface area (Å²) in [5.41, 5.74) is 13.1. The van der Waals surface area contributed by atoms with Crippen molar-refractivity contribution in [1.29, 1.82) is 0 Å². The van der Waals surface area contributed by atoms with Crippen molar-refractivity contribution in [3.8, 4) is 0 Å². The Morgan fingerprint density at radius 1 is 1.41 bits per heavy atom. The number of rotatable bonds is 4. The monoisotopic (exact) mass is 231 g/mol. The molecule has 0 saturated heterocycles. The third kappa shape index (κ3) is 2.31. The highest BCUT2D eigenvalue weighted by molar-refractivity contribution is 5.81. The Labute approximate surface area is 100 Å². The van der Waals surface area contributed by atoms with Crippen molar-refractivity contribution in [2.24, 2.45) is 17.4 Å². The number of nitrogens with two attached hydrogens (primary N) is 2. The number of primary amides is 1. The Morgan fingerprint density at radius 3 is 2.82 bits per heavy atom. The van der Waals surface area contributed by atoms with Crippen molar-refractivity contribution >= 4 is 16.8 Å². The first kappa shape index (κ1) is 11.7. The minimum absolute atomic E-state index is 0.167. The van der Waals surface area contributed by atoms with E-state index in [1.807, 2.05) is 35.9 Å². The fourth-order valence-electron chi connectivity index (χ4n) is 1.92. The number of carbonyl (C=O) groups is 1. The second-order valence-electron chi connectivity index (χ2n) is 4.37. The van der Waals surface area contributed by atoms with Gasteiger partial charge in [-0.15, -0.1) is 0 Å². The first-order chi connectivity index (χ1) is 8.11. The van der Waals surface area contributed by atoms with Crippen LogP contribution in [0.1, 0.15) is 12.5 Å². The van der Waals surface area contributed by atoms with Gasteiger partial charge in [0.15, 0.2) is 0 Å². The molecule has 17 heavy (non-hydrogen) atoms. The highest BCUT2D eigenvalue weighted by Gasteiger charge is 2.10. The molecule has 2 aromatic rings. The molecule has 1 atom stereocenters. The van der Waals surface area contributed by atoms with Gasteiger partial charge in [-0.05, 0) is 29.1 Å². The summed E-state index contributed by atoms with van der Waals surface area (Å²) in [5, 5.41) is 1.14. The minimum Gasteiger partial charge on any atom is -0.369 e. The molecule has 1 amide bonds. The molecule has 2 rings (SSSR count). The van der Waals surface area contributed by atoms with Crippen molar-refractivity contribution in [1.82, 2.24) is 4.57 Å². The van der Waals surface area contributed by atoms with Crippen LogP contribution in [0.3, 0.4) is 0 Å². The molecule has 1 aromatic carbocycles. The zero-order valence-corrected chi connectivity index (χ0v) is 9.89. The molecule has 0 aliphatic carbocycles. The summed E-state index contributed by atoms with van der Waals surface area (Å²) in [5.74, 6) is -0.440. The molecule has 0 bridgehead atoms. The van der Waals surface area contributed by atoms with E-state index in [-0.39, 0.29) is 11.8 Å². The highest BCUT2D eigenvalue weighted by Crippen LogP contribution is 2.18. The summed E-state index contributed by atoms with van der Waals surface area (Å²) in [4.78, 5) is 11.1. The number of nitrogens with zero attached hydrogens (tertiary/aromatic N) is 1. The van der Waals surface area contributed by atoms with Crippen LogP contribution in [0.5, 0.6) is 0 Å². The van der Waals surface area contributed by atoms with Gasteiger partial charge in [0.2, 0.25) is 5.91 Å². The maximum absolute atomic E-state index is 11.1. The third-order valence-electron chi connectivity index (χ3n) is 3.03. The SMILES string of the molecule is CC(Cn1ccc2cc(CN)ccc21)C(N)=O. The van der Waals surface area contributed by atoms with Crippen LogP contribution in [-0.2, 0) is 17.9 Å². The number of carbonyl (C=O) groups excluding carboxylic acids is 1. The van der Waals surface area contributed by atoms with Gasteiger partial charge in [0.05, 0.1) is 5.92 Å². The van der Waals surface area contributed by atoms with Crippen LogP contribution in [0.2, 0.25) is 0 Å². The number of amides is 1. The fourth-order valence-corrected chi connectivity index (χ4v) is 1.92. The number of aromatic nitrogens is 1. The van der Waals surface area contributed by atoms with Crippen LogP contribution in [0.15, 0.2) is 30.5 Å². The van der Waals surface area contributed by atoms with Crippen molar-refractivity contribution in [3.05, 3.63) is 36.0 Å². The smallest absolute Gasteiger partial charge is 0.222 e. The van der Waals surface area contributed by atoms with Gasteiger partial charge >= 0.3 is 0 Å². The summed E-state index contributed by atoms with van der Waals surface area (Å²) in [6.07, 6.45) is 1.98. The zero-order valence-electron chi connectivity index (χ0n) is 9.89. The van der Waals surface area contributed by atoms with E-state index >= 15 is 0 Å². The lowest BCUT2D eigenvalue weighted by atomic mass is 10.1. The average molecular weight is 231 g/mol. The quantitative estimate of drug-likeness (QED) is 0.830. The normalized spacial score (nSPS) is 12.8. The van der Waals surface area contributed by atoms with Crippen molar-refractivity contribution in [2.45, 2.75) is 20.0 Å². The first-order valence-corrected chi connectivity index (χ1v) is 5.69. The molecule has 0 aliphatic rings. The molecule has 0 radical (unpaired) electrons. The Hall–Kier alpha value is -1.81. The molecule has 0 aliphatic heterocycles. The van der Waals surface area contributed by atoms with E-state index in [1.54, 1.807) is 0 Å². The third-order valence-corrected chi connectivity index (χ3v) is 3.03. The lowest BCUT2D eigenvalue weighted by Crippen LogP contribution is -2.24. The molecule has 1 aromatic heterocycles. The van der Waals surface area contributed by atoms with Crippen molar-refractivity contribution in [2.75, 3.05) is 0 Å². The van der Waals surface area contributed by atoms with Crippen LogP contribution in [0.4, 0.5) is 0 Å². The number of hydrogen-bond acceptors (Lipinski definition) is 2. The van der Waals surface area contributed by atoms with Crippen molar-refractivity contribution < 1.29 is 4.79 Å². The topological polar surface area (TPSA) is 74.0 Å². The molecule has 1 heterocycles. The van der Waals surface area contributed by atoms with E-state index in [1.165, 1.54) is 0 Å². The Kier molecular flexibility index (Phi) is 3.15. The summed E-state index contributed by atoms with van der Waals surface area (Å²) in [6.45, 7) is 2.99. The Morgan fingerprint density at radius 2 is 2.18 bits per heavy atom. The Bertz CT molecular complexity index is 545. The second-order valence-corrected chi connectivity index (χ2v) is 4.37. The van der Waals surface area contributed by atoms with E-state index < -0.39 is 0 Å². The number of benzene rings is 1. The maximum Gasteiger partial charge on any atom is 0.222 e. The standard InChI is InChI=1S/C13H17N3O/c1-9(13(15)17)8-16-5-4-11-6-10(7-14)2-3-12(11)16/h2-6,9H,7-8,14H2,1H3,(H2,15,17). The summed E-state index contributed by atoms with van der Waals surface area (Å²) in [7, 11) is 0. The van der Waals surface area contributed by atoms with Crippen LogP contribution in [0.25, 0.3) is 10.9 Å². The van der Waals surface area contributed by atoms with E-state index in [2.05, 4.69) is 6.07 Å². The molecule has 4 heteroatoms. The van der Waals surface area contributed by atoms with Gasteiger partial charge < -0.3 is 16.0 Å². The first-order valence-electron chi connectivity index (χ1n) is 5.69. The van der Waals surface area contributed by atoms with Crippen LogP contribution >= 0.6 is 0 Å². The minimum atomic E-state index is -0.273. The second kappa shape index (κ2) is 4.59. The van der Waals surface area contributed by atoms with Gasteiger partial charge in [-0.25, -0.2) is 0 Å². The highest BCUT2D eigenvalue weighted by atomic mass is 16.1. The van der Waals surface area contributed by atoms with E-state index in [0.29, 0.717) is 13.1 Å². The zero-order chi connectivity index (χ0) is 12.4. The van der Waals surface area contributed by atoms with Gasteiger partial charge in [-0.1, -0.05) is 13.0 Å². The largest absolute Gasteiger partial charge is 0.369 e. The lowest BCUT2D eigenvalue weighted by molar-refractivity contribution is -0.121. The molecule has 90 valence electrons. The molecule has 4 nitrogen and oxygen atoms in total. The maximum atomic E-state index is 11.1. The average Bonchev–Trinajstić information content (AvgIpc) is 2.71. The van der Waals surface area contributed by atoms with E-state index in [9.17, 15) is 4.79 Å².